The first-order valence-electron chi connectivity index (χ1n) is 6.98. The van der Waals surface area contributed by atoms with Gasteiger partial charge in [-0.05, 0) is 12.1 Å². The van der Waals surface area contributed by atoms with E-state index in [4.69, 9.17) is 14.9 Å². The lowest BCUT2D eigenvalue weighted by Gasteiger charge is -2.26. The summed E-state index contributed by atoms with van der Waals surface area (Å²) in [7, 11) is 0. The number of amides is 1. The minimum Gasteiger partial charge on any atom is -0.423 e. The number of carbonyl (C=O) groups is 1. The third kappa shape index (κ3) is 3.25. The van der Waals surface area contributed by atoms with Crippen molar-refractivity contribution in [2.75, 3.05) is 43.9 Å². The standard InChI is InChI=1S/C14H18N4O3/c15-10-1-2-11-12(9-10)21-14(17-11)16-4-3-13(19)18-5-7-20-8-6-18/h1-2,9H,3-8,15H2,(H,16,17). The molecule has 0 spiro atoms. The number of hydrogen-bond donors (Lipinski definition) is 2. The number of rotatable bonds is 4. The molecule has 3 rings (SSSR count). The van der Waals surface area contributed by atoms with Crippen molar-refractivity contribution in [2.45, 2.75) is 6.42 Å². The predicted octanol–water partition coefficient (Wildman–Crippen LogP) is 1.07. The molecule has 0 radical (unpaired) electrons. The Kier molecular flexibility index (Phi) is 3.92. The van der Waals surface area contributed by atoms with E-state index < -0.39 is 0 Å². The van der Waals surface area contributed by atoms with Crippen molar-refractivity contribution >= 4 is 28.7 Å². The van der Waals surface area contributed by atoms with Crippen molar-refractivity contribution in [2.24, 2.45) is 0 Å². The summed E-state index contributed by atoms with van der Waals surface area (Å²) in [5.41, 5.74) is 7.70. The van der Waals surface area contributed by atoms with Crippen molar-refractivity contribution < 1.29 is 13.9 Å². The molecule has 7 nitrogen and oxygen atoms in total. The third-order valence-electron chi connectivity index (χ3n) is 3.39. The van der Waals surface area contributed by atoms with E-state index >= 15 is 0 Å². The number of fused-ring (bicyclic) bond motifs is 1. The molecule has 1 aliphatic rings. The number of morpholine rings is 1. The summed E-state index contributed by atoms with van der Waals surface area (Å²) in [5, 5.41) is 3.03. The molecule has 1 fully saturated rings. The van der Waals surface area contributed by atoms with Gasteiger partial charge >= 0.3 is 0 Å². The van der Waals surface area contributed by atoms with E-state index in [-0.39, 0.29) is 5.91 Å². The number of nitrogens with one attached hydrogen (secondary N) is 1. The molecule has 0 bridgehead atoms. The van der Waals surface area contributed by atoms with Gasteiger partial charge in [0.05, 0.1) is 13.2 Å². The SMILES string of the molecule is Nc1ccc2nc(NCCC(=O)N3CCOCC3)oc2c1. The van der Waals surface area contributed by atoms with Crippen LogP contribution in [-0.2, 0) is 9.53 Å². The van der Waals surface area contributed by atoms with Crippen LogP contribution in [0.2, 0.25) is 0 Å². The molecule has 2 heterocycles. The van der Waals surface area contributed by atoms with E-state index in [9.17, 15) is 4.79 Å². The summed E-state index contributed by atoms with van der Waals surface area (Å²) in [4.78, 5) is 18.1. The molecule has 1 saturated heterocycles. The average Bonchev–Trinajstić information content (AvgIpc) is 2.89. The second kappa shape index (κ2) is 6.01. The molecule has 3 N–H and O–H groups in total. The number of nitrogens with two attached hydrogens (primary N) is 1. The summed E-state index contributed by atoms with van der Waals surface area (Å²) < 4.78 is 10.8. The third-order valence-corrected chi connectivity index (χ3v) is 3.39. The van der Waals surface area contributed by atoms with Crippen molar-refractivity contribution in [1.29, 1.82) is 0 Å². The average molecular weight is 290 g/mol. The van der Waals surface area contributed by atoms with Crippen LogP contribution >= 0.6 is 0 Å². The summed E-state index contributed by atoms with van der Waals surface area (Å²) in [5.74, 6) is 0.117. The maximum Gasteiger partial charge on any atom is 0.295 e. The summed E-state index contributed by atoms with van der Waals surface area (Å²) in [6.07, 6.45) is 0.404. The van der Waals surface area contributed by atoms with E-state index in [1.54, 1.807) is 18.2 Å². The molecular formula is C14H18N4O3. The fraction of sp³-hybridized carbons (Fsp3) is 0.429. The van der Waals surface area contributed by atoms with Crippen LogP contribution in [0, 0.1) is 0 Å². The van der Waals surface area contributed by atoms with Crippen molar-refractivity contribution in [3.05, 3.63) is 18.2 Å². The largest absolute Gasteiger partial charge is 0.423 e. The van der Waals surface area contributed by atoms with Gasteiger partial charge in [-0.15, -0.1) is 0 Å². The first kappa shape index (κ1) is 13.7. The quantitative estimate of drug-likeness (QED) is 0.818. The molecule has 1 aromatic carbocycles. The van der Waals surface area contributed by atoms with E-state index in [1.807, 2.05) is 4.90 Å². The van der Waals surface area contributed by atoms with Gasteiger partial charge in [0.15, 0.2) is 5.58 Å². The van der Waals surface area contributed by atoms with Gasteiger partial charge in [-0.1, -0.05) is 0 Å². The van der Waals surface area contributed by atoms with Crippen LogP contribution in [0.3, 0.4) is 0 Å². The van der Waals surface area contributed by atoms with Crippen molar-refractivity contribution in [3.63, 3.8) is 0 Å². The Labute approximate surface area is 122 Å². The summed E-state index contributed by atoms with van der Waals surface area (Å²) >= 11 is 0. The second-order valence-corrected chi connectivity index (χ2v) is 4.92. The van der Waals surface area contributed by atoms with E-state index in [1.165, 1.54) is 0 Å². The summed E-state index contributed by atoms with van der Waals surface area (Å²) in [6.45, 7) is 3.05. The Morgan fingerprint density at radius 1 is 1.38 bits per heavy atom. The number of benzene rings is 1. The minimum atomic E-state index is 0.117. The van der Waals surface area contributed by atoms with Gasteiger partial charge in [0, 0.05) is 37.8 Å². The molecule has 1 aliphatic heterocycles. The Balaban J connectivity index is 1.53. The van der Waals surface area contributed by atoms with Crippen LogP contribution in [0.15, 0.2) is 22.6 Å². The number of anilines is 2. The molecule has 0 unspecified atom stereocenters. The fourth-order valence-corrected chi connectivity index (χ4v) is 2.26. The number of hydrogen-bond acceptors (Lipinski definition) is 6. The van der Waals surface area contributed by atoms with Gasteiger partial charge in [-0.25, -0.2) is 0 Å². The topological polar surface area (TPSA) is 93.6 Å². The lowest BCUT2D eigenvalue weighted by molar-refractivity contribution is -0.134. The number of nitrogen functional groups attached to an aromatic ring is 1. The minimum absolute atomic E-state index is 0.117. The van der Waals surface area contributed by atoms with E-state index in [0.717, 1.165) is 5.52 Å². The Bertz CT molecular complexity index is 634. The first-order valence-corrected chi connectivity index (χ1v) is 6.98. The van der Waals surface area contributed by atoms with Crippen LogP contribution < -0.4 is 11.1 Å². The monoisotopic (exact) mass is 290 g/mol. The lowest BCUT2D eigenvalue weighted by Crippen LogP contribution is -2.41. The Morgan fingerprint density at radius 2 is 2.19 bits per heavy atom. The zero-order chi connectivity index (χ0) is 14.7. The Morgan fingerprint density at radius 3 is 3.00 bits per heavy atom. The van der Waals surface area contributed by atoms with Crippen molar-refractivity contribution in [1.82, 2.24) is 9.88 Å². The van der Waals surface area contributed by atoms with Gasteiger partial charge in [-0.2, -0.15) is 4.98 Å². The fourth-order valence-electron chi connectivity index (χ4n) is 2.26. The molecule has 0 saturated carbocycles. The van der Waals surface area contributed by atoms with Crippen LogP contribution in [0.1, 0.15) is 6.42 Å². The van der Waals surface area contributed by atoms with Gasteiger partial charge in [-0.3, -0.25) is 4.79 Å². The van der Waals surface area contributed by atoms with E-state index in [2.05, 4.69) is 10.3 Å². The second-order valence-electron chi connectivity index (χ2n) is 4.92. The highest BCUT2D eigenvalue weighted by Gasteiger charge is 2.16. The Hall–Kier alpha value is -2.28. The zero-order valence-corrected chi connectivity index (χ0v) is 11.7. The lowest BCUT2D eigenvalue weighted by atomic mass is 10.3. The van der Waals surface area contributed by atoms with Gasteiger partial charge < -0.3 is 25.1 Å². The van der Waals surface area contributed by atoms with Crippen LogP contribution in [0.4, 0.5) is 11.7 Å². The molecular weight excluding hydrogens is 272 g/mol. The molecule has 21 heavy (non-hydrogen) atoms. The molecule has 0 atom stereocenters. The number of carbonyl (C=O) groups excluding carboxylic acids is 1. The van der Waals surface area contributed by atoms with Crippen molar-refractivity contribution in [3.8, 4) is 0 Å². The maximum atomic E-state index is 12.0. The maximum absolute atomic E-state index is 12.0. The molecule has 2 aromatic rings. The first-order chi connectivity index (χ1) is 10.2. The molecule has 112 valence electrons. The highest BCUT2D eigenvalue weighted by Crippen LogP contribution is 2.20. The molecule has 1 aromatic heterocycles. The van der Waals surface area contributed by atoms with Crippen LogP contribution in [0.25, 0.3) is 11.1 Å². The number of nitrogens with zero attached hydrogens (tertiary/aromatic N) is 2. The molecule has 1 amide bonds. The zero-order valence-electron chi connectivity index (χ0n) is 11.7. The van der Waals surface area contributed by atoms with Crippen LogP contribution in [-0.4, -0.2) is 48.6 Å². The number of ether oxygens (including phenoxy) is 1. The van der Waals surface area contributed by atoms with Gasteiger partial charge in [0.25, 0.3) is 6.01 Å². The van der Waals surface area contributed by atoms with E-state index in [0.29, 0.717) is 56.6 Å². The number of aromatic nitrogens is 1. The van der Waals surface area contributed by atoms with Gasteiger partial charge in [0.1, 0.15) is 5.52 Å². The summed E-state index contributed by atoms with van der Waals surface area (Å²) in [6, 6.07) is 5.71. The highest BCUT2D eigenvalue weighted by atomic mass is 16.5. The molecule has 7 heteroatoms. The number of oxazole rings is 1. The normalized spacial score (nSPS) is 15.3. The smallest absolute Gasteiger partial charge is 0.295 e. The molecule has 0 aliphatic carbocycles. The highest BCUT2D eigenvalue weighted by molar-refractivity contribution is 5.78. The van der Waals surface area contributed by atoms with Gasteiger partial charge in [0.2, 0.25) is 5.91 Å². The van der Waals surface area contributed by atoms with Crippen LogP contribution in [0.5, 0.6) is 0 Å². The predicted molar refractivity (Wildman–Crippen MR) is 78.9 cm³/mol.